The Morgan fingerprint density at radius 2 is 1.12 bits per heavy atom. The molecule has 0 spiro atoms. The smallest absolute Gasteiger partial charge is 0.00767 e. The molecule has 1 heterocycles. The summed E-state index contributed by atoms with van der Waals surface area (Å²) in [5.41, 5.74) is 0. The maximum Gasteiger partial charge on any atom is 0.00767 e. The number of nitrogens with one attached hydrogen (secondary N) is 2. The van der Waals surface area contributed by atoms with Crippen molar-refractivity contribution >= 4 is 0 Å². The van der Waals surface area contributed by atoms with Crippen LogP contribution in [0.1, 0.15) is 12.8 Å². The molecule has 0 aromatic carbocycles. The normalized spacial score (nSPS) is 24.0. The Hall–Kier alpha value is -0.0800. The van der Waals surface area contributed by atoms with Gasteiger partial charge in [0.05, 0.1) is 0 Å². The van der Waals surface area contributed by atoms with E-state index in [0.717, 1.165) is 13.1 Å². The van der Waals surface area contributed by atoms with E-state index in [4.69, 9.17) is 0 Å². The predicted molar refractivity (Wildman–Crippen MR) is 35.0 cm³/mol. The van der Waals surface area contributed by atoms with Crippen molar-refractivity contribution in [1.82, 2.24) is 10.6 Å². The zero-order valence-electron chi connectivity index (χ0n) is 5.24. The lowest BCUT2D eigenvalue weighted by atomic mass is 10.3. The van der Waals surface area contributed by atoms with Crippen molar-refractivity contribution in [3.63, 3.8) is 0 Å². The van der Waals surface area contributed by atoms with E-state index in [1.165, 1.54) is 25.9 Å². The maximum absolute atomic E-state index is 3.32. The molecule has 0 aliphatic carbocycles. The predicted octanol–water partition coefficient (Wildman–Crippen LogP) is -0.0406. The molecule has 8 heavy (non-hydrogen) atoms. The van der Waals surface area contributed by atoms with Crippen LogP contribution >= 0.6 is 0 Å². The monoisotopic (exact) mass is 114 g/mol. The lowest BCUT2D eigenvalue weighted by Gasteiger charge is -2.09. The van der Waals surface area contributed by atoms with Gasteiger partial charge in [-0.15, -0.1) is 0 Å². The molecule has 0 radical (unpaired) electrons. The molecule has 0 aromatic heterocycles. The summed E-state index contributed by atoms with van der Waals surface area (Å²) in [7, 11) is 0. The van der Waals surface area contributed by atoms with Crippen molar-refractivity contribution in [2.45, 2.75) is 12.8 Å². The van der Waals surface area contributed by atoms with Crippen molar-refractivity contribution in [3.8, 4) is 0 Å². The molecule has 0 saturated carbocycles. The first-order chi connectivity index (χ1) is 4.00. The van der Waals surface area contributed by atoms with E-state index in [1.807, 2.05) is 0 Å². The number of rotatable bonds is 0. The minimum Gasteiger partial charge on any atom is -0.315 e. The van der Waals surface area contributed by atoms with E-state index >= 15 is 0 Å². The minimum absolute atomic E-state index is 1.14. The molecule has 48 valence electrons. The van der Waals surface area contributed by atoms with E-state index in [2.05, 4.69) is 10.6 Å². The SMILES string of the molecule is C1CCNCCNC1. The second-order valence-electron chi connectivity index (χ2n) is 2.21. The molecule has 2 nitrogen and oxygen atoms in total. The molecule has 1 fully saturated rings. The van der Waals surface area contributed by atoms with Crippen molar-refractivity contribution in [1.29, 1.82) is 0 Å². The van der Waals surface area contributed by atoms with Crippen LogP contribution in [0.25, 0.3) is 0 Å². The summed E-state index contributed by atoms with van der Waals surface area (Å²) in [6.45, 7) is 4.70. The molecular formula is C6H14N2. The van der Waals surface area contributed by atoms with Crippen LogP contribution in [0.4, 0.5) is 0 Å². The molecular weight excluding hydrogens is 100 g/mol. The molecule has 1 aliphatic rings. The van der Waals surface area contributed by atoms with Crippen LogP contribution in [0.2, 0.25) is 0 Å². The van der Waals surface area contributed by atoms with Crippen molar-refractivity contribution in [2.75, 3.05) is 26.2 Å². The topological polar surface area (TPSA) is 24.1 Å². The van der Waals surface area contributed by atoms with Crippen LogP contribution in [0, 0.1) is 0 Å². The molecule has 0 unspecified atom stereocenters. The van der Waals surface area contributed by atoms with Gasteiger partial charge in [-0.2, -0.15) is 0 Å². The van der Waals surface area contributed by atoms with E-state index < -0.39 is 0 Å². The van der Waals surface area contributed by atoms with Gasteiger partial charge in [0.1, 0.15) is 0 Å². The average Bonchev–Trinajstić information content (AvgIpc) is 1.62. The highest BCUT2D eigenvalue weighted by Crippen LogP contribution is 1.85. The third kappa shape index (κ3) is 2.28. The van der Waals surface area contributed by atoms with Gasteiger partial charge >= 0.3 is 0 Å². The highest BCUT2D eigenvalue weighted by atomic mass is 14.9. The quantitative estimate of drug-likeness (QED) is 0.462. The van der Waals surface area contributed by atoms with Crippen molar-refractivity contribution in [2.24, 2.45) is 0 Å². The van der Waals surface area contributed by atoms with Gasteiger partial charge in [0.25, 0.3) is 0 Å². The molecule has 1 aliphatic heterocycles. The summed E-state index contributed by atoms with van der Waals surface area (Å²) in [4.78, 5) is 0. The summed E-state index contributed by atoms with van der Waals surface area (Å²) in [5, 5.41) is 6.65. The van der Waals surface area contributed by atoms with E-state index in [1.54, 1.807) is 0 Å². The molecule has 2 N–H and O–H groups in total. The van der Waals surface area contributed by atoms with Crippen molar-refractivity contribution < 1.29 is 0 Å². The third-order valence-electron chi connectivity index (χ3n) is 1.44. The van der Waals surface area contributed by atoms with Gasteiger partial charge in [-0.25, -0.2) is 0 Å². The largest absolute Gasteiger partial charge is 0.315 e. The summed E-state index contributed by atoms with van der Waals surface area (Å²) >= 11 is 0. The first kappa shape index (κ1) is 6.05. The summed E-state index contributed by atoms with van der Waals surface area (Å²) in [6.07, 6.45) is 2.65. The Bertz CT molecular complexity index is 30.5. The number of hydrogen-bond donors (Lipinski definition) is 2. The van der Waals surface area contributed by atoms with Crippen LogP contribution in [0.5, 0.6) is 0 Å². The van der Waals surface area contributed by atoms with Gasteiger partial charge in [-0.1, -0.05) is 0 Å². The molecule has 1 saturated heterocycles. The van der Waals surface area contributed by atoms with Gasteiger partial charge < -0.3 is 10.6 Å². The zero-order valence-corrected chi connectivity index (χ0v) is 5.24. The van der Waals surface area contributed by atoms with Gasteiger partial charge in [-0.05, 0) is 25.9 Å². The standard InChI is InChI=1S/C6H14N2/c1-2-4-8-6-5-7-3-1/h7-8H,1-6H2. The molecule has 1 rings (SSSR count). The Balaban J connectivity index is 2.00. The first-order valence-electron chi connectivity index (χ1n) is 3.41. The lowest BCUT2D eigenvalue weighted by Crippen LogP contribution is -2.31. The second kappa shape index (κ2) is 3.87. The Morgan fingerprint density at radius 3 is 1.62 bits per heavy atom. The Kier molecular flexibility index (Phi) is 2.92. The van der Waals surface area contributed by atoms with Gasteiger partial charge in [0.2, 0.25) is 0 Å². The van der Waals surface area contributed by atoms with E-state index in [0.29, 0.717) is 0 Å². The van der Waals surface area contributed by atoms with Crippen molar-refractivity contribution in [3.05, 3.63) is 0 Å². The highest BCUT2D eigenvalue weighted by molar-refractivity contribution is 4.57. The van der Waals surface area contributed by atoms with Crippen LogP contribution in [-0.4, -0.2) is 26.2 Å². The van der Waals surface area contributed by atoms with E-state index in [-0.39, 0.29) is 0 Å². The Labute approximate surface area is 50.7 Å². The third-order valence-corrected chi connectivity index (χ3v) is 1.44. The fourth-order valence-corrected chi connectivity index (χ4v) is 0.927. The Morgan fingerprint density at radius 1 is 0.625 bits per heavy atom. The van der Waals surface area contributed by atoms with Gasteiger partial charge in [-0.3, -0.25) is 0 Å². The first-order valence-corrected chi connectivity index (χ1v) is 3.41. The molecule has 0 bridgehead atoms. The summed E-state index contributed by atoms with van der Waals surface area (Å²) in [6, 6.07) is 0. The fraction of sp³-hybridized carbons (Fsp3) is 1.00. The summed E-state index contributed by atoms with van der Waals surface area (Å²) in [5.74, 6) is 0. The maximum atomic E-state index is 3.32. The highest BCUT2D eigenvalue weighted by Gasteiger charge is 1.92. The van der Waals surface area contributed by atoms with Gasteiger partial charge in [0.15, 0.2) is 0 Å². The average molecular weight is 114 g/mol. The number of hydrogen-bond acceptors (Lipinski definition) is 2. The minimum atomic E-state index is 1.14. The van der Waals surface area contributed by atoms with Crippen LogP contribution in [-0.2, 0) is 0 Å². The molecule has 2 heteroatoms. The second-order valence-corrected chi connectivity index (χ2v) is 2.21. The van der Waals surface area contributed by atoms with Crippen LogP contribution < -0.4 is 10.6 Å². The van der Waals surface area contributed by atoms with E-state index in [9.17, 15) is 0 Å². The zero-order chi connectivity index (χ0) is 5.66. The van der Waals surface area contributed by atoms with Gasteiger partial charge in [0, 0.05) is 13.1 Å². The van der Waals surface area contributed by atoms with Crippen LogP contribution in [0.3, 0.4) is 0 Å². The molecule has 0 aromatic rings. The lowest BCUT2D eigenvalue weighted by molar-refractivity contribution is 0.527. The molecule has 0 atom stereocenters. The fourth-order valence-electron chi connectivity index (χ4n) is 0.927. The van der Waals surface area contributed by atoms with Crippen LogP contribution in [0.15, 0.2) is 0 Å². The summed E-state index contributed by atoms with van der Waals surface area (Å²) < 4.78 is 0. The molecule has 0 amide bonds.